The summed E-state index contributed by atoms with van der Waals surface area (Å²) in [6.45, 7) is 2.47. The Bertz CT molecular complexity index is 243. The SMILES string of the molecule is CC(CCCO)SSc1ccccn1. The number of nitrogens with zero attached hydrogens (tertiary/aromatic N) is 1. The summed E-state index contributed by atoms with van der Waals surface area (Å²) in [7, 11) is 3.52. The van der Waals surface area contributed by atoms with Gasteiger partial charge in [-0.05, 0) is 35.8 Å². The summed E-state index contributed by atoms with van der Waals surface area (Å²) in [6.07, 6.45) is 3.75. The number of pyridine rings is 1. The normalized spacial score (nSPS) is 12.7. The van der Waals surface area contributed by atoms with Gasteiger partial charge in [-0.25, -0.2) is 4.98 Å². The molecule has 0 amide bonds. The maximum absolute atomic E-state index is 8.67. The Kier molecular flexibility index (Phi) is 6.07. The molecule has 0 aliphatic rings. The summed E-state index contributed by atoms with van der Waals surface area (Å²) in [5.74, 6) is 0. The van der Waals surface area contributed by atoms with Gasteiger partial charge in [-0.1, -0.05) is 23.8 Å². The lowest BCUT2D eigenvalue weighted by Gasteiger charge is -2.08. The minimum absolute atomic E-state index is 0.291. The molecule has 1 N–H and O–H groups in total. The van der Waals surface area contributed by atoms with Crippen molar-refractivity contribution in [2.45, 2.75) is 30.0 Å². The van der Waals surface area contributed by atoms with E-state index in [1.807, 2.05) is 29.0 Å². The van der Waals surface area contributed by atoms with Gasteiger partial charge in [0.25, 0.3) is 0 Å². The Hall–Kier alpha value is -0.190. The molecule has 4 heteroatoms. The molecular formula is C10H15NOS2. The summed E-state index contributed by atoms with van der Waals surface area (Å²) in [5, 5.41) is 10.3. The van der Waals surface area contributed by atoms with Crippen molar-refractivity contribution in [1.29, 1.82) is 0 Å². The van der Waals surface area contributed by atoms with E-state index >= 15 is 0 Å². The fourth-order valence-corrected chi connectivity index (χ4v) is 3.09. The highest BCUT2D eigenvalue weighted by Gasteiger charge is 2.03. The summed E-state index contributed by atoms with van der Waals surface area (Å²) in [4.78, 5) is 4.22. The minimum Gasteiger partial charge on any atom is -0.396 e. The molecule has 0 bridgehead atoms. The number of aliphatic hydroxyl groups is 1. The van der Waals surface area contributed by atoms with Crippen LogP contribution in [-0.2, 0) is 0 Å². The van der Waals surface area contributed by atoms with E-state index in [-0.39, 0.29) is 0 Å². The second-order valence-electron chi connectivity index (χ2n) is 3.02. The van der Waals surface area contributed by atoms with Crippen molar-refractivity contribution in [3.63, 3.8) is 0 Å². The van der Waals surface area contributed by atoms with Gasteiger partial charge in [-0.3, -0.25) is 0 Å². The molecule has 1 aromatic heterocycles. The van der Waals surface area contributed by atoms with Crippen molar-refractivity contribution >= 4 is 21.6 Å². The molecular weight excluding hydrogens is 214 g/mol. The average Bonchev–Trinajstić information content (AvgIpc) is 2.25. The van der Waals surface area contributed by atoms with Gasteiger partial charge in [0.15, 0.2) is 0 Å². The number of rotatable bonds is 6. The van der Waals surface area contributed by atoms with Crippen molar-refractivity contribution in [1.82, 2.24) is 4.98 Å². The molecule has 0 aromatic carbocycles. The van der Waals surface area contributed by atoms with Gasteiger partial charge < -0.3 is 5.11 Å². The van der Waals surface area contributed by atoms with Crippen molar-refractivity contribution in [3.8, 4) is 0 Å². The Morgan fingerprint density at radius 2 is 2.36 bits per heavy atom. The van der Waals surface area contributed by atoms with Crippen LogP contribution in [0.3, 0.4) is 0 Å². The molecule has 1 unspecified atom stereocenters. The maximum atomic E-state index is 8.67. The molecule has 0 saturated heterocycles. The number of aliphatic hydroxyl groups excluding tert-OH is 1. The summed E-state index contributed by atoms with van der Waals surface area (Å²) >= 11 is 0. The first kappa shape index (κ1) is 11.9. The van der Waals surface area contributed by atoms with Crippen molar-refractivity contribution < 1.29 is 5.11 Å². The predicted octanol–water partition coefficient (Wildman–Crippen LogP) is 2.98. The van der Waals surface area contributed by atoms with E-state index in [4.69, 9.17) is 5.11 Å². The highest BCUT2D eigenvalue weighted by Crippen LogP contribution is 2.34. The Balaban J connectivity index is 2.20. The molecule has 0 spiro atoms. The zero-order valence-corrected chi connectivity index (χ0v) is 9.85. The highest BCUT2D eigenvalue weighted by molar-refractivity contribution is 8.76. The van der Waals surface area contributed by atoms with Crippen LogP contribution in [0.4, 0.5) is 0 Å². The van der Waals surface area contributed by atoms with E-state index in [2.05, 4.69) is 11.9 Å². The highest BCUT2D eigenvalue weighted by atomic mass is 33.1. The van der Waals surface area contributed by atoms with Gasteiger partial charge in [0.2, 0.25) is 0 Å². The minimum atomic E-state index is 0.291. The summed E-state index contributed by atoms with van der Waals surface area (Å²) in [5.41, 5.74) is 0. The number of hydrogen-bond donors (Lipinski definition) is 1. The fraction of sp³-hybridized carbons (Fsp3) is 0.500. The standard InChI is InChI=1S/C10H15NOS2/c1-9(5-4-8-12)13-14-10-6-2-3-7-11-10/h2-3,6-7,9,12H,4-5,8H2,1H3. The molecule has 1 aromatic rings. The zero-order valence-electron chi connectivity index (χ0n) is 8.22. The molecule has 78 valence electrons. The van der Waals surface area contributed by atoms with E-state index in [0.29, 0.717) is 11.9 Å². The van der Waals surface area contributed by atoms with E-state index in [1.165, 1.54) is 0 Å². The van der Waals surface area contributed by atoms with Crippen molar-refractivity contribution in [3.05, 3.63) is 24.4 Å². The Morgan fingerprint density at radius 3 is 3.00 bits per heavy atom. The molecule has 0 radical (unpaired) electrons. The summed E-state index contributed by atoms with van der Waals surface area (Å²) < 4.78 is 0. The van der Waals surface area contributed by atoms with Crippen LogP contribution < -0.4 is 0 Å². The second kappa shape index (κ2) is 7.15. The third kappa shape index (κ3) is 4.88. The Morgan fingerprint density at radius 1 is 1.50 bits per heavy atom. The number of hydrogen-bond acceptors (Lipinski definition) is 4. The van der Waals surface area contributed by atoms with Crippen LogP contribution in [0.5, 0.6) is 0 Å². The van der Waals surface area contributed by atoms with Gasteiger partial charge >= 0.3 is 0 Å². The Labute approximate surface area is 92.9 Å². The van der Waals surface area contributed by atoms with E-state index in [0.717, 1.165) is 17.9 Å². The number of aromatic nitrogens is 1. The third-order valence-corrected chi connectivity index (χ3v) is 4.56. The molecule has 2 nitrogen and oxygen atoms in total. The summed E-state index contributed by atoms with van der Waals surface area (Å²) in [6, 6.07) is 5.93. The monoisotopic (exact) mass is 229 g/mol. The van der Waals surface area contributed by atoms with Crippen LogP contribution in [0.15, 0.2) is 29.4 Å². The van der Waals surface area contributed by atoms with Gasteiger partial charge in [0.05, 0.1) is 0 Å². The van der Waals surface area contributed by atoms with E-state index < -0.39 is 0 Å². The molecule has 14 heavy (non-hydrogen) atoms. The first-order valence-electron chi connectivity index (χ1n) is 4.68. The van der Waals surface area contributed by atoms with E-state index in [1.54, 1.807) is 17.0 Å². The molecule has 1 atom stereocenters. The van der Waals surface area contributed by atoms with Crippen LogP contribution in [0, 0.1) is 0 Å². The third-order valence-electron chi connectivity index (χ3n) is 1.70. The average molecular weight is 229 g/mol. The molecule has 1 heterocycles. The fourth-order valence-electron chi connectivity index (χ4n) is 0.955. The van der Waals surface area contributed by atoms with Crippen LogP contribution in [0.2, 0.25) is 0 Å². The molecule has 0 saturated carbocycles. The first-order valence-corrected chi connectivity index (χ1v) is 6.89. The molecule has 0 aliphatic heterocycles. The van der Waals surface area contributed by atoms with Crippen molar-refractivity contribution in [2.24, 2.45) is 0 Å². The first-order chi connectivity index (χ1) is 6.83. The lowest BCUT2D eigenvalue weighted by Crippen LogP contribution is -1.95. The smallest absolute Gasteiger partial charge is 0.106 e. The van der Waals surface area contributed by atoms with Crippen molar-refractivity contribution in [2.75, 3.05) is 6.61 Å². The zero-order chi connectivity index (χ0) is 10.2. The topological polar surface area (TPSA) is 33.1 Å². The molecule has 0 fully saturated rings. The quantitative estimate of drug-likeness (QED) is 0.760. The van der Waals surface area contributed by atoms with Crippen LogP contribution >= 0.6 is 21.6 Å². The molecule has 0 aliphatic carbocycles. The van der Waals surface area contributed by atoms with Gasteiger partial charge in [-0.2, -0.15) is 0 Å². The molecule has 1 rings (SSSR count). The van der Waals surface area contributed by atoms with Crippen LogP contribution in [0.25, 0.3) is 0 Å². The second-order valence-corrected chi connectivity index (χ2v) is 5.68. The lowest BCUT2D eigenvalue weighted by atomic mass is 10.3. The van der Waals surface area contributed by atoms with Gasteiger partial charge in [0.1, 0.15) is 5.03 Å². The largest absolute Gasteiger partial charge is 0.396 e. The lowest BCUT2D eigenvalue weighted by molar-refractivity contribution is 0.285. The van der Waals surface area contributed by atoms with Crippen LogP contribution in [-0.4, -0.2) is 21.9 Å². The van der Waals surface area contributed by atoms with Gasteiger partial charge in [0, 0.05) is 18.1 Å². The van der Waals surface area contributed by atoms with Crippen LogP contribution in [0.1, 0.15) is 19.8 Å². The van der Waals surface area contributed by atoms with E-state index in [9.17, 15) is 0 Å². The van der Waals surface area contributed by atoms with Gasteiger partial charge in [-0.15, -0.1) is 0 Å². The maximum Gasteiger partial charge on any atom is 0.106 e. The predicted molar refractivity (Wildman–Crippen MR) is 63.5 cm³/mol.